The van der Waals surface area contributed by atoms with Crippen LogP contribution in [-0.2, 0) is 4.74 Å². The first-order valence-electron chi connectivity index (χ1n) is 9.66. The van der Waals surface area contributed by atoms with Crippen molar-refractivity contribution in [3.8, 4) is 0 Å². The molecular weight excluding hydrogens is 354 g/mol. The average molecular weight is 394 g/mol. The fourth-order valence-electron chi connectivity index (χ4n) is 3.49. The molecule has 1 unspecified atom stereocenters. The van der Waals surface area contributed by atoms with Crippen LogP contribution < -0.4 is 17.0 Å². The fraction of sp³-hybridized carbons (Fsp3) is 1.00. The van der Waals surface area contributed by atoms with Crippen molar-refractivity contribution in [2.75, 3.05) is 33.8 Å². The van der Waals surface area contributed by atoms with Crippen LogP contribution in [0.15, 0.2) is 0 Å². The van der Waals surface area contributed by atoms with Crippen LogP contribution in [0.5, 0.6) is 0 Å². The summed E-state index contributed by atoms with van der Waals surface area (Å²) in [5.74, 6) is -0.874. The smallest absolute Gasteiger partial charge is 0.216 e. The summed E-state index contributed by atoms with van der Waals surface area (Å²) in [6, 6.07) is 0. The van der Waals surface area contributed by atoms with Crippen molar-refractivity contribution >= 4 is 0 Å². The van der Waals surface area contributed by atoms with Gasteiger partial charge in [0.05, 0.1) is 20.7 Å². The third-order valence-electron chi connectivity index (χ3n) is 4.91. The van der Waals surface area contributed by atoms with E-state index in [4.69, 9.17) is 4.74 Å². The fourth-order valence-corrected chi connectivity index (χ4v) is 3.49. The van der Waals surface area contributed by atoms with Gasteiger partial charge in [0.2, 0.25) is 5.79 Å². The summed E-state index contributed by atoms with van der Waals surface area (Å²) in [6.45, 7) is 4.68. The highest BCUT2D eigenvalue weighted by Gasteiger charge is 2.39. The van der Waals surface area contributed by atoms with Gasteiger partial charge in [0.1, 0.15) is 13.1 Å². The summed E-state index contributed by atoms with van der Waals surface area (Å²) in [6.07, 6.45) is 15.6. The van der Waals surface area contributed by atoms with Gasteiger partial charge in [-0.05, 0) is 6.42 Å². The molecule has 0 radical (unpaired) electrons. The van der Waals surface area contributed by atoms with Crippen LogP contribution in [0.3, 0.4) is 0 Å². The van der Waals surface area contributed by atoms with E-state index in [1.165, 1.54) is 64.2 Å². The zero-order valence-electron chi connectivity index (χ0n) is 15.8. The summed E-state index contributed by atoms with van der Waals surface area (Å²) in [5.41, 5.74) is 0. The van der Waals surface area contributed by atoms with Gasteiger partial charge in [0, 0.05) is 6.42 Å². The van der Waals surface area contributed by atoms with Gasteiger partial charge in [0.15, 0.2) is 0 Å². The molecule has 140 valence electrons. The van der Waals surface area contributed by atoms with E-state index in [9.17, 15) is 5.11 Å². The molecule has 0 aliphatic carbocycles. The van der Waals surface area contributed by atoms with E-state index in [1.807, 2.05) is 0 Å². The van der Waals surface area contributed by atoms with Crippen molar-refractivity contribution < 1.29 is 31.3 Å². The normalized spacial score (nSPS) is 23.5. The first kappa shape index (κ1) is 23.4. The molecule has 1 heterocycles. The number of quaternary nitrogens is 1. The van der Waals surface area contributed by atoms with Crippen molar-refractivity contribution in [3.63, 3.8) is 0 Å². The zero-order chi connectivity index (χ0) is 16.3. The minimum atomic E-state index is -0.874. The van der Waals surface area contributed by atoms with Crippen LogP contribution >= 0.6 is 0 Å². The Kier molecular flexibility index (Phi) is 12.9. The highest BCUT2D eigenvalue weighted by atomic mass is 79.9. The lowest BCUT2D eigenvalue weighted by atomic mass is 10.0. The SMILES string of the molecule is CCCCCCCCCCCCCC1(O)C[N+](C)(C)CCO1.[Br-]. The second-order valence-electron chi connectivity index (χ2n) is 7.90. The number of nitrogens with zero attached hydrogens (tertiary/aromatic N) is 1. The molecule has 0 saturated carbocycles. The molecule has 1 rings (SSSR count). The maximum atomic E-state index is 10.5. The number of hydrogen-bond donors (Lipinski definition) is 1. The highest BCUT2D eigenvalue weighted by molar-refractivity contribution is 4.70. The Morgan fingerprint density at radius 1 is 0.870 bits per heavy atom. The van der Waals surface area contributed by atoms with Crippen molar-refractivity contribution in [3.05, 3.63) is 0 Å². The molecule has 3 nitrogen and oxygen atoms in total. The Labute approximate surface area is 155 Å². The molecule has 0 aromatic heterocycles. The van der Waals surface area contributed by atoms with Crippen LogP contribution in [-0.4, -0.2) is 49.2 Å². The van der Waals surface area contributed by atoms with Crippen molar-refractivity contribution in [2.24, 2.45) is 0 Å². The second kappa shape index (κ2) is 12.7. The predicted molar refractivity (Wildman–Crippen MR) is 93.8 cm³/mol. The number of unbranched alkanes of at least 4 members (excludes halogenated alkanes) is 10. The molecule has 0 bridgehead atoms. The van der Waals surface area contributed by atoms with E-state index >= 15 is 0 Å². The number of morpholine rings is 1. The van der Waals surface area contributed by atoms with E-state index in [1.54, 1.807) is 0 Å². The van der Waals surface area contributed by atoms with Crippen LogP contribution in [0.4, 0.5) is 0 Å². The Morgan fingerprint density at radius 3 is 1.83 bits per heavy atom. The average Bonchev–Trinajstić information content (AvgIpc) is 2.43. The molecule has 0 aromatic rings. The number of aliphatic hydroxyl groups is 1. The third kappa shape index (κ3) is 11.5. The Bertz CT molecular complexity index is 287. The molecule has 0 spiro atoms. The monoisotopic (exact) mass is 393 g/mol. The Morgan fingerprint density at radius 2 is 1.35 bits per heavy atom. The van der Waals surface area contributed by atoms with E-state index in [-0.39, 0.29) is 17.0 Å². The highest BCUT2D eigenvalue weighted by Crippen LogP contribution is 2.24. The second-order valence-corrected chi connectivity index (χ2v) is 7.90. The van der Waals surface area contributed by atoms with E-state index < -0.39 is 5.79 Å². The van der Waals surface area contributed by atoms with Gasteiger partial charge in [-0.3, -0.25) is 0 Å². The summed E-state index contributed by atoms with van der Waals surface area (Å²) in [7, 11) is 4.35. The van der Waals surface area contributed by atoms with Gasteiger partial charge in [-0.2, -0.15) is 0 Å². The molecule has 1 saturated heterocycles. The number of rotatable bonds is 12. The summed E-state index contributed by atoms with van der Waals surface area (Å²) < 4.78 is 6.50. The van der Waals surface area contributed by atoms with Gasteiger partial charge in [-0.25, -0.2) is 0 Å². The zero-order valence-corrected chi connectivity index (χ0v) is 17.4. The minimum Gasteiger partial charge on any atom is -1.00 e. The van der Waals surface area contributed by atoms with E-state index in [2.05, 4.69) is 21.0 Å². The lowest BCUT2D eigenvalue weighted by Crippen LogP contribution is -3.00. The number of ether oxygens (including phenoxy) is 1. The standard InChI is InChI=1S/C19H40NO2.BrH/c1-4-5-6-7-8-9-10-11-12-13-14-15-19(21)18-20(2,3)16-17-22-19;/h21H,4-18H2,1-3H3;1H/q+1;/p-1. The van der Waals surface area contributed by atoms with E-state index in [0.717, 1.165) is 30.4 Å². The lowest BCUT2D eigenvalue weighted by Gasteiger charge is -2.42. The molecule has 23 heavy (non-hydrogen) atoms. The quantitative estimate of drug-likeness (QED) is 0.402. The molecule has 1 N–H and O–H groups in total. The number of halogens is 1. The minimum absolute atomic E-state index is 0. The molecule has 0 aromatic carbocycles. The molecular formula is C19H40BrNO2. The third-order valence-corrected chi connectivity index (χ3v) is 4.91. The summed E-state index contributed by atoms with van der Waals surface area (Å²) in [5, 5.41) is 10.5. The number of hydrogen-bond acceptors (Lipinski definition) is 2. The van der Waals surface area contributed by atoms with E-state index in [0.29, 0.717) is 6.61 Å². The number of likely N-dealkylation sites (N-methyl/N-ethyl adjacent to an activating group) is 1. The maximum Gasteiger partial charge on any atom is 0.216 e. The van der Waals surface area contributed by atoms with Crippen molar-refractivity contribution in [1.29, 1.82) is 0 Å². The summed E-state index contributed by atoms with van der Waals surface area (Å²) >= 11 is 0. The van der Waals surface area contributed by atoms with Gasteiger partial charge in [-0.15, -0.1) is 0 Å². The van der Waals surface area contributed by atoms with Crippen LogP contribution in [0, 0.1) is 0 Å². The van der Waals surface area contributed by atoms with Gasteiger partial charge < -0.3 is 31.3 Å². The molecule has 1 fully saturated rings. The molecule has 0 amide bonds. The lowest BCUT2D eigenvalue weighted by molar-refractivity contribution is -0.911. The topological polar surface area (TPSA) is 29.5 Å². The molecule has 1 atom stereocenters. The first-order valence-corrected chi connectivity index (χ1v) is 9.66. The van der Waals surface area contributed by atoms with Crippen molar-refractivity contribution in [1.82, 2.24) is 0 Å². The Hall–Kier alpha value is 0.360. The van der Waals surface area contributed by atoms with Crippen LogP contribution in [0.25, 0.3) is 0 Å². The largest absolute Gasteiger partial charge is 1.00 e. The molecule has 1 aliphatic rings. The first-order chi connectivity index (χ1) is 10.5. The van der Waals surface area contributed by atoms with Crippen molar-refractivity contribution in [2.45, 2.75) is 89.8 Å². The van der Waals surface area contributed by atoms with Crippen LogP contribution in [0.1, 0.15) is 84.0 Å². The van der Waals surface area contributed by atoms with Gasteiger partial charge >= 0.3 is 0 Å². The summed E-state index contributed by atoms with van der Waals surface area (Å²) in [4.78, 5) is 0. The Balaban J connectivity index is 0.00000484. The molecule has 4 heteroatoms. The molecule has 1 aliphatic heterocycles. The van der Waals surface area contributed by atoms with Gasteiger partial charge in [-0.1, -0.05) is 71.1 Å². The maximum absolute atomic E-state index is 10.5. The predicted octanol–water partition coefficient (Wildman–Crippen LogP) is 1.49. The van der Waals surface area contributed by atoms with Gasteiger partial charge in [0.25, 0.3) is 0 Å². The van der Waals surface area contributed by atoms with Crippen LogP contribution in [0.2, 0.25) is 0 Å².